The van der Waals surface area contributed by atoms with Crippen molar-refractivity contribution in [3.63, 3.8) is 0 Å². The molecule has 0 saturated carbocycles. The second-order valence-corrected chi connectivity index (χ2v) is 3.60. The van der Waals surface area contributed by atoms with Gasteiger partial charge in [0.1, 0.15) is 18.2 Å². The molecule has 1 aromatic carbocycles. The fourth-order valence-corrected chi connectivity index (χ4v) is 1.83. The van der Waals surface area contributed by atoms with Crippen LogP contribution >= 0.6 is 0 Å². The summed E-state index contributed by atoms with van der Waals surface area (Å²) in [5.41, 5.74) is 1.03. The van der Waals surface area contributed by atoms with Gasteiger partial charge in [-0.1, -0.05) is 12.1 Å². The number of pyridine rings is 1. The molecule has 0 spiro atoms. The standard InChI is InChI=1S/C11H7N5O2/c17-16(18)10-3-1-2-8-9(4-5-13-11(8)10)15-7-12-6-14-15/h1-7H. The minimum Gasteiger partial charge on any atom is -0.258 e. The Morgan fingerprint density at radius 3 is 2.89 bits per heavy atom. The molecule has 2 aromatic heterocycles. The lowest BCUT2D eigenvalue weighted by Gasteiger charge is -2.05. The van der Waals surface area contributed by atoms with Gasteiger partial charge in [0.25, 0.3) is 5.69 Å². The normalized spacial score (nSPS) is 10.7. The fourth-order valence-electron chi connectivity index (χ4n) is 1.83. The summed E-state index contributed by atoms with van der Waals surface area (Å²) in [6.07, 6.45) is 4.46. The molecule has 7 nitrogen and oxygen atoms in total. The molecular formula is C11H7N5O2. The lowest BCUT2D eigenvalue weighted by atomic mass is 10.1. The van der Waals surface area contributed by atoms with Gasteiger partial charge in [-0.25, -0.2) is 14.6 Å². The number of nitro groups is 1. The van der Waals surface area contributed by atoms with Crippen LogP contribution in [0, 0.1) is 10.1 Å². The van der Waals surface area contributed by atoms with E-state index in [1.807, 2.05) is 0 Å². The molecule has 18 heavy (non-hydrogen) atoms. The Bertz CT molecular complexity index is 723. The van der Waals surface area contributed by atoms with Gasteiger partial charge in [0.2, 0.25) is 0 Å². The number of non-ortho nitro benzene ring substituents is 1. The highest BCUT2D eigenvalue weighted by molar-refractivity contribution is 5.93. The number of nitrogens with zero attached hydrogens (tertiary/aromatic N) is 5. The Morgan fingerprint density at radius 1 is 1.28 bits per heavy atom. The summed E-state index contributed by atoms with van der Waals surface area (Å²) < 4.78 is 1.55. The molecule has 0 fully saturated rings. The first-order chi connectivity index (χ1) is 8.77. The van der Waals surface area contributed by atoms with Gasteiger partial charge in [0, 0.05) is 17.6 Å². The SMILES string of the molecule is O=[N+]([O-])c1cccc2c(-n3cncn3)ccnc12. The van der Waals surface area contributed by atoms with E-state index in [0.29, 0.717) is 16.6 Å². The highest BCUT2D eigenvalue weighted by Crippen LogP contribution is 2.27. The van der Waals surface area contributed by atoms with Crippen molar-refractivity contribution in [2.75, 3.05) is 0 Å². The predicted molar refractivity (Wildman–Crippen MR) is 63.3 cm³/mol. The maximum absolute atomic E-state index is 10.9. The topological polar surface area (TPSA) is 86.7 Å². The van der Waals surface area contributed by atoms with Gasteiger partial charge in [0.15, 0.2) is 0 Å². The summed E-state index contributed by atoms with van der Waals surface area (Å²) in [4.78, 5) is 18.4. The number of fused-ring (bicyclic) bond motifs is 1. The maximum Gasteiger partial charge on any atom is 0.295 e. The molecular weight excluding hydrogens is 234 g/mol. The third kappa shape index (κ3) is 1.49. The highest BCUT2D eigenvalue weighted by Gasteiger charge is 2.15. The second kappa shape index (κ2) is 3.88. The van der Waals surface area contributed by atoms with Crippen molar-refractivity contribution in [1.82, 2.24) is 19.7 Å². The first-order valence-corrected chi connectivity index (χ1v) is 5.14. The molecule has 0 amide bonds. The molecule has 0 radical (unpaired) electrons. The van der Waals surface area contributed by atoms with Crippen LogP contribution in [0.25, 0.3) is 16.6 Å². The first-order valence-electron chi connectivity index (χ1n) is 5.14. The Kier molecular flexibility index (Phi) is 2.23. The van der Waals surface area contributed by atoms with Gasteiger partial charge in [-0.2, -0.15) is 5.10 Å². The Morgan fingerprint density at radius 2 is 2.17 bits per heavy atom. The molecule has 3 rings (SSSR count). The summed E-state index contributed by atoms with van der Waals surface area (Å²) >= 11 is 0. The van der Waals surface area contributed by atoms with E-state index in [4.69, 9.17) is 0 Å². The molecule has 7 heteroatoms. The van der Waals surface area contributed by atoms with Gasteiger partial charge >= 0.3 is 0 Å². The van der Waals surface area contributed by atoms with Gasteiger partial charge in [-0.15, -0.1) is 0 Å². The number of aromatic nitrogens is 4. The lowest BCUT2D eigenvalue weighted by molar-refractivity contribution is -0.383. The van der Waals surface area contributed by atoms with E-state index in [2.05, 4.69) is 15.1 Å². The first kappa shape index (κ1) is 10.3. The highest BCUT2D eigenvalue weighted by atomic mass is 16.6. The predicted octanol–water partition coefficient (Wildman–Crippen LogP) is 1.72. The molecule has 0 aliphatic carbocycles. The Balaban J connectivity index is 2.36. The minimum absolute atomic E-state index is 0.0190. The molecule has 0 atom stereocenters. The van der Waals surface area contributed by atoms with Crippen LogP contribution in [0.15, 0.2) is 43.1 Å². The second-order valence-electron chi connectivity index (χ2n) is 3.60. The maximum atomic E-state index is 10.9. The summed E-state index contributed by atoms with van der Waals surface area (Å²) in [5.74, 6) is 0. The van der Waals surface area contributed by atoms with Gasteiger partial charge < -0.3 is 0 Å². The summed E-state index contributed by atoms with van der Waals surface area (Å²) in [7, 11) is 0. The lowest BCUT2D eigenvalue weighted by Crippen LogP contribution is -1.98. The fraction of sp³-hybridized carbons (Fsp3) is 0. The molecule has 0 aliphatic rings. The van der Waals surface area contributed by atoms with E-state index in [0.717, 1.165) is 0 Å². The molecule has 0 unspecified atom stereocenters. The number of hydrogen-bond donors (Lipinski definition) is 0. The van der Waals surface area contributed by atoms with Crippen molar-refractivity contribution in [2.45, 2.75) is 0 Å². The zero-order valence-corrected chi connectivity index (χ0v) is 9.09. The van der Waals surface area contributed by atoms with Gasteiger partial charge in [0.05, 0.1) is 10.6 Å². The van der Waals surface area contributed by atoms with Crippen molar-refractivity contribution >= 4 is 16.6 Å². The summed E-state index contributed by atoms with van der Waals surface area (Å²) in [6.45, 7) is 0. The van der Waals surface area contributed by atoms with Crippen LogP contribution in [0.1, 0.15) is 0 Å². The Labute approximate surface area is 101 Å². The molecule has 0 N–H and O–H groups in total. The number of para-hydroxylation sites is 1. The molecule has 3 aromatic rings. The van der Waals surface area contributed by atoms with E-state index < -0.39 is 4.92 Å². The number of nitro benzene ring substituents is 1. The number of benzene rings is 1. The minimum atomic E-state index is -0.444. The third-order valence-electron chi connectivity index (χ3n) is 2.59. The molecule has 0 bridgehead atoms. The average molecular weight is 241 g/mol. The van der Waals surface area contributed by atoms with Gasteiger partial charge in [-0.3, -0.25) is 10.1 Å². The van der Waals surface area contributed by atoms with Crippen molar-refractivity contribution in [3.05, 3.63) is 53.2 Å². The largest absolute Gasteiger partial charge is 0.295 e. The van der Waals surface area contributed by atoms with Crippen LogP contribution in [-0.2, 0) is 0 Å². The summed E-state index contributed by atoms with van der Waals surface area (Å²) in [5, 5.41) is 15.6. The van der Waals surface area contributed by atoms with E-state index >= 15 is 0 Å². The Hall–Kier alpha value is -2.83. The molecule has 0 saturated heterocycles. The van der Waals surface area contributed by atoms with E-state index in [-0.39, 0.29) is 5.69 Å². The van der Waals surface area contributed by atoms with Crippen LogP contribution in [0.2, 0.25) is 0 Å². The van der Waals surface area contributed by atoms with Crippen LogP contribution in [0.5, 0.6) is 0 Å². The molecule has 2 heterocycles. The van der Waals surface area contributed by atoms with E-state index in [1.54, 1.807) is 22.9 Å². The number of rotatable bonds is 2. The van der Waals surface area contributed by atoms with Crippen LogP contribution in [0.4, 0.5) is 5.69 Å². The van der Waals surface area contributed by atoms with Crippen molar-refractivity contribution in [3.8, 4) is 5.69 Å². The van der Waals surface area contributed by atoms with Crippen LogP contribution < -0.4 is 0 Å². The van der Waals surface area contributed by atoms with Gasteiger partial charge in [-0.05, 0) is 6.07 Å². The zero-order valence-electron chi connectivity index (χ0n) is 9.09. The smallest absolute Gasteiger partial charge is 0.258 e. The number of hydrogen-bond acceptors (Lipinski definition) is 5. The zero-order chi connectivity index (χ0) is 12.5. The van der Waals surface area contributed by atoms with E-state index in [9.17, 15) is 10.1 Å². The molecule has 0 aliphatic heterocycles. The van der Waals surface area contributed by atoms with E-state index in [1.165, 1.54) is 24.9 Å². The van der Waals surface area contributed by atoms with Crippen molar-refractivity contribution < 1.29 is 4.92 Å². The monoisotopic (exact) mass is 241 g/mol. The molecule has 88 valence electrons. The van der Waals surface area contributed by atoms with Crippen LogP contribution in [-0.4, -0.2) is 24.7 Å². The van der Waals surface area contributed by atoms with Crippen LogP contribution in [0.3, 0.4) is 0 Å². The quantitative estimate of drug-likeness (QED) is 0.503. The third-order valence-corrected chi connectivity index (χ3v) is 2.59. The van der Waals surface area contributed by atoms with Crippen molar-refractivity contribution in [1.29, 1.82) is 0 Å². The average Bonchev–Trinajstić information content (AvgIpc) is 2.91. The summed E-state index contributed by atoms with van der Waals surface area (Å²) in [6, 6.07) is 6.57. The van der Waals surface area contributed by atoms with Crippen molar-refractivity contribution in [2.24, 2.45) is 0 Å².